The molecule has 4 nitrogen and oxygen atoms in total. The van der Waals surface area contributed by atoms with Crippen molar-refractivity contribution in [1.82, 2.24) is 0 Å². The highest BCUT2D eigenvalue weighted by atomic mass is 19.2. The normalized spacial score (nSPS) is 10.6. The Morgan fingerprint density at radius 3 is 2.37 bits per heavy atom. The molecule has 0 aliphatic rings. The fraction of sp³-hybridized carbons (Fsp3) is 0.385. The Hall–Kier alpha value is -1.98. The molecule has 1 rings (SSSR count). The number of amides is 1. The molecule has 0 atom stereocenters. The topological polar surface area (TPSA) is 57.6 Å². The average molecular weight is 271 g/mol. The number of benzene rings is 1. The summed E-state index contributed by atoms with van der Waals surface area (Å²) >= 11 is 0. The largest absolute Gasteiger partial charge is 0.480 e. The maximum atomic E-state index is 13.1. The number of nitrogens with zero attached hydrogens (tertiary/aromatic N) is 1. The van der Waals surface area contributed by atoms with E-state index in [4.69, 9.17) is 5.11 Å². The zero-order valence-corrected chi connectivity index (χ0v) is 10.7. The molecule has 1 amide bonds. The van der Waals surface area contributed by atoms with E-state index in [1.165, 1.54) is 6.07 Å². The highest BCUT2D eigenvalue weighted by Crippen LogP contribution is 2.19. The minimum Gasteiger partial charge on any atom is -0.480 e. The average Bonchev–Trinajstić information content (AvgIpc) is 2.28. The second-order valence-electron chi connectivity index (χ2n) is 4.57. The first-order valence-electron chi connectivity index (χ1n) is 5.78. The van der Waals surface area contributed by atoms with Gasteiger partial charge in [-0.2, -0.15) is 0 Å². The van der Waals surface area contributed by atoms with Crippen LogP contribution in [0.25, 0.3) is 0 Å². The molecule has 1 N–H and O–H groups in total. The molecule has 0 radical (unpaired) electrons. The van der Waals surface area contributed by atoms with Gasteiger partial charge in [0.05, 0.1) is 0 Å². The minimum atomic E-state index is -1.22. The molecule has 1 aromatic rings. The van der Waals surface area contributed by atoms with Gasteiger partial charge in [-0.15, -0.1) is 0 Å². The third-order valence-electron chi connectivity index (χ3n) is 2.39. The highest BCUT2D eigenvalue weighted by Gasteiger charge is 2.20. The SMILES string of the molecule is CC(C)CC(=O)N(CC(=O)O)c1ccc(F)c(F)c1. The van der Waals surface area contributed by atoms with Gasteiger partial charge >= 0.3 is 5.97 Å². The maximum Gasteiger partial charge on any atom is 0.323 e. The van der Waals surface area contributed by atoms with Crippen LogP contribution in [0, 0.1) is 17.6 Å². The summed E-state index contributed by atoms with van der Waals surface area (Å²) in [6.07, 6.45) is 0.131. The van der Waals surface area contributed by atoms with Crippen LogP contribution in [0.3, 0.4) is 0 Å². The first-order valence-corrected chi connectivity index (χ1v) is 5.78. The van der Waals surface area contributed by atoms with Crippen molar-refractivity contribution >= 4 is 17.6 Å². The van der Waals surface area contributed by atoms with Gasteiger partial charge < -0.3 is 10.0 Å². The van der Waals surface area contributed by atoms with Gasteiger partial charge in [-0.05, 0) is 18.1 Å². The summed E-state index contributed by atoms with van der Waals surface area (Å²) in [4.78, 5) is 23.6. The number of halogens is 2. The Bertz CT molecular complexity index is 489. The van der Waals surface area contributed by atoms with E-state index in [2.05, 4.69) is 0 Å². The molecule has 1 aromatic carbocycles. The zero-order valence-electron chi connectivity index (χ0n) is 10.7. The molecule has 104 valence electrons. The van der Waals surface area contributed by atoms with Gasteiger partial charge in [0.25, 0.3) is 0 Å². The number of rotatable bonds is 5. The number of anilines is 1. The third kappa shape index (κ3) is 4.31. The van der Waals surface area contributed by atoms with Crippen LogP contribution in [0.5, 0.6) is 0 Å². The molecule has 0 unspecified atom stereocenters. The number of aliphatic carboxylic acids is 1. The number of hydrogen-bond donors (Lipinski definition) is 1. The molecule has 0 spiro atoms. The van der Waals surface area contributed by atoms with E-state index in [0.29, 0.717) is 0 Å². The van der Waals surface area contributed by atoms with Gasteiger partial charge in [0, 0.05) is 18.2 Å². The van der Waals surface area contributed by atoms with Gasteiger partial charge in [-0.3, -0.25) is 9.59 Å². The Balaban J connectivity index is 3.04. The summed E-state index contributed by atoms with van der Waals surface area (Å²) < 4.78 is 26.0. The first kappa shape index (κ1) is 15.1. The second-order valence-corrected chi connectivity index (χ2v) is 4.57. The molecular formula is C13H15F2NO3. The van der Waals surface area contributed by atoms with Gasteiger partial charge in [0.1, 0.15) is 6.54 Å². The van der Waals surface area contributed by atoms with E-state index < -0.39 is 30.1 Å². The van der Waals surface area contributed by atoms with Crippen LogP contribution < -0.4 is 4.90 Å². The van der Waals surface area contributed by atoms with E-state index in [1.807, 2.05) is 13.8 Å². The van der Waals surface area contributed by atoms with Gasteiger partial charge in [-0.25, -0.2) is 8.78 Å². The highest BCUT2D eigenvalue weighted by molar-refractivity contribution is 5.97. The Kier molecular flexibility index (Phi) is 4.97. The Morgan fingerprint density at radius 2 is 1.89 bits per heavy atom. The molecule has 0 aliphatic carbocycles. The number of carbonyl (C=O) groups is 2. The van der Waals surface area contributed by atoms with Crippen molar-refractivity contribution in [2.45, 2.75) is 20.3 Å². The van der Waals surface area contributed by atoms with Gasteiger partial charge in [0.2, 0.25) is 5.91 Å². The number of hydrogen-bond acceptors (Lipinski definition) is 2. The van der Waals surface area contributed by atoms with E-state index in [-0.39, 0.29) is 18.0 Å². The summed E-state index contributed by atoms with van der Waals surface area (Å²) in [6, 6.07) is 2.86. The quantitative estimate of drug-likeness (QED) is 0.894. The monoisotopic (exact) mass is 271 g/mol. The zero-order chi connectivity index (χ0) is 14.6. The summed E-state index contributed by atoms with van der Waals surface area (Å²) in [5, 5.41) is 8.79. The molecule has 6 heteroatoms. The van der Waals surface area contributed by atoms with Crippen molar-refractivity contribution in [3.05, 3.63) is 29.8 Å². The van der Waals surface area contributed by atoms with E-state index in [1.54, 1.807) is 0 Å². The summed E-state index contributed by atoms with van der Waals surface area (Å²) in [6.45, 7) is 3.03. The van der Waals surface area contributed by atoms with Crippen molar-refractivity contribution in [2.75, 3.05) is 11.4 Å². The lowest BCUT2D eigenvalue weighted by Crippen LogP contribution is -2.36. The molecule has 0 bridgehead atoms. The molecule has 0 heterocycles. The Labute approximate surface area is 109 Å². The van der Waals surface area contributed by atoms with Gasteiger partial charge in [-0.1, -0.05) is 13.8 Å². The van der Waals surface area contributed by atoms with Crippen LogP contribution in [0.1, 0.15) is 20.3 Å². The van der Waals surface area contributed by atoms with E-state index >= 15 is 0 Å². The molecule has 0 aliphatic heterocycles. The van der Waals surface area contributed by atoms with Crippen molar-refractivity contribution < 1.29 is 23.5 Å². The van der Waals surface area contributed by atoms with E-state index in [0.717, 1.165) is 17.0 Å². The smallest absolute Gasteiger partial charge is 0.323 e. The molecule has 0 fully saturated rings. The minimum absolute atomic E-state index is 0.0342. The lowest BCUT2D eigenvalue weighted by atomic mass is 10.1. The maximum absolute atomic E-state index is 13.1. The van der Waals surface area contributed by atoms with Crippen molar-refractivity contribution in [1.29, 1.82) is 0 Å². The standard InChI is InChI=1S/C13H15F2NO3/c1-8(2)5-12(17)16(7-13(18)19)9-3-4-10(14)11(15)6-9/h3-4,6,8H,5,7H2,1-2H3,(H,18,19). The molecular weight excluding hydrogens is 256 g/mol. The molecule has 0 saturated heterocycles. The van der Waals surface area contributed by atoms with Crippen molar-refractivity contribution in [3.8, 4) is 0 Å². The second kappa shape index (κ2) is 6.26. The summed E-state index contributed by atoms with van der Waals surface area (Å²) in [5.74, 6) is -3.79. The lowest BCUT2D eigenvalue weighted by Gasteiger charge is -2.22. The Morgan fingerprint density at radius 1 is 1.26 bits per heavy atom. The van der Waals surface area contributed by atoms with Crippen LogP contribution in [-0.2, 0) is 9.59 Å². The van der Waals surface area contributed by atoms with Crippen LogP contribution in [0.4, 0.5) is 14.5 Å². The first-order chi connectivity index (χ1) is 8.81. The number of carboxylic acid groups (broad SMARTS) is 1. The lowest BCUT2D eigenvalue weighted by molar-refractivity contribution is -0.136. The van der Waals surface area contributed by atoms with Crippen LogP contribution in [0.15, 0.2) is 18.2 Å². The van der Waals surface area contributed by atoms with Crippen LogP contribution in [0.2, 0.25) is 0 Å². The fourth-order valence-electron chi connectivity index (χ4n) is 1.57. The van der Waals surface area contributed by atoms with Gasteiger partial charge in [0.15, 0.2) is 11.6 Å². The predicted molar refractivity (Wildman–Crippen MR) is 65.8 cm³/mol. The summed E-state index contributed by atoms with van der Waals surface area (Å²) in [7, 11) is 0. The fourth-order valence-corrected chi connectivity index (χ4v) is 1.57. The van der Waals surface area contributed by atoms with Crippen LogP contribution >= 0.6 is 0 Å². The third-order valence-corrected chi connectivity index (χ3v) is 2.39. The summed E-state index contributed by atoms with van der Waals surface area (Å²) in [5.41, 5.74) is 0.0342. The van der Waals surface area contributed by atoms with E-state index in [9.17, 15) is 18.4 Å². The molecule has 0 saturated carbocycles. The van der Waals surface area contributed by atoms with Crippen molar-refractivity contribution in [3.63, 3.8) is 0 Å². The molecule has 0 aromatic heterocycles. The van der Waals surface area contributed by atoms with Crippen LogP contribution in [-0.4, -0.2) is 23.5 Å². The molecule has 19 heavy (non-hydrogen) atoms. The number of carboxylic acids is 1. The number of carbonyl (C=O) groups excluding carboxylic acids is 1. The predicted octanol–water partition coefficient (Wildman–Crippen LogP) is 2.43. The van der Waals surface area contributed by atoms with Crippen molar-refractivity contribution in [2.24, 2.45) is 5.92 Å².